The molecule has 0 saturated carbocycles. The standard InChI is InChI=1S/C10H16FN3O/c1-3-9(11)10(13-8(2)12)14-4-6-15-7-5-14/h3H,2,4-7,12H2,1H3/b9-3+,13-10+. The van der Waals surface area contributed by atoms with E-state index in [1.807, 2.05) is 0 Å². The number of halogens is 1. The molecule has 0 aromatic carbocycles. The third-order valence-corrected chi connectivity index (χ3v) is 2.03. The zero-order valence-electron chi connectivity index (χ0n) is 8.87. The van der Waals surface area contributed by atoms with Gasteiger partial charge in [0.1, 0.15) is 5.82 Å². The van der Waals surface area contributed by atoms with Gasteiger partial charge in [-0.3, -0.25) is 0 Å². The van der Waals surface area contributed by atoms with Crippen LogP contribution in [-0.2, 0) is 4.74 Å². The molecule has 0 aromatic rings. The van der Waals surface area contributed by atoms with Gasteiger partial charge in [-0.05, 0) is 13.0 Å². The zero-order chi connectivity index (χ0) is 11.3. The average Bonchev–Trinajstić information content (AvgIpc) is 2.26. The van der Waals surface area contributed by atoms with Gasteiger partial charge in [0.2, 0.25) is 0 Å². The highest BCUT2D eigenvalue weighted by Crippen LogP contribution is 2.09. The molecule has 0 bridgehead atoms. The topological polar surface area (TPSA) is 50.8 Å². The van der Waals surface area contributed by atoms with E-state index in [1.54, 1.807) is 11.8 Å². The maximum absolute atomic E-state index is 13.5. The van der Waals surface area contributed by atoms with Gasteiger partial charge in [-0.15, -0.1) is 0 Å². The van der Waals surface area contributed by atoms with Crippen LogP contribution in [0.2, 0.25) is 0 Å². The Morgan fingerprint density at radius 2 is 2.13 bits per heavy atom. The van der Waals surface area contributed by atoms with Crippen molar-refractivity contribution in [1.82, 2.24) is 4.90 Å². The number of allylic oxidation sites excluding steroid dienone is 1. The Morgan fingerprint density at radius 1 is 1.53 bits per heavy atom. The lowest BCUT2D eigenvalue weighted by molar-refractivity contribution is 0.0677. The first kappa shape index (κ1) is 11.7. The molecule has 1 rings (SSSR count). The molecule has 5 heteroatoms. The summed E-state index contributed by atoms with van der Waals surface area (Å²) in [5, 5.41) is 0. The van der Waals surface area contributed by atoms with Gasteiger partial charge in [0.25, 0.3) is 0 Å². The van der Waals surface area contributed by atoms with Crippen molar-refractivity contribution in [2.45, 2.75) is 6.92 Å². The molecule has 15 heavy (non-hydrogen) atoms. The number of rotatable bonds is 2. The number of ether oxygens (including phenoxy) is 1. The molecule has 1 heterocycles. The molecule has 84 valence electrons. The van der Waals surface area contributed by atoms with Gasteiger partial charge < -0.3 is 15.4 Å². The van der Waals surface area contributed by atoms with Crippen molar-refractivity contribution >= 4 is 5.84 Å². The van der Waals surface area contributed by atoms with Crippen LogP contribution in [0.15, 0.2) is 29.3 Å². The fourth-order valence-electron chi connectivity index (χ4n) is 1.32. The molecule has 4 nitrogen and oxygen atoms in total. The van der Waals surface area contributed by atoms with Crippen LogP contribution in [0.3, 0.4) is 0 Å². The fourth-order valence-corrected chi connectivity index (χ4v) is 1.32. The number of aliphatic imine (C=N–C) groups is 1. The van der Waals surface area contributed by atoms with E-state index in [2.05, 4.69) is 11.6 Å². The summed E-state index contributed by atoms with van der Waals surface area (Å²) in [6, 6.07) is 0. The molecule has 0 amide bonds. The van der Waals surface area contributed by atoms with Gasteiger partial charge in [0.15, 0.2) is 11.7 Å². The lowest BCUT2D eigenvalue weighted by atomic mass is 10.3. The van der Waals surface area contributed by atoms with Crippen molar-refractivity contribution in [3.8, 4) is 0 Å². The molecule has 0 atom stereocenters. The summed E-state index contributed by atoms with van der Waals surface area (Å²) in [6.07, 6.45) is 1.36. The Balaban J connectivity index is 2.84. The second-order valence-corrected chi connectivity index (χ2v) is 3.16. The lowest BCUT2D eigenvalue weighted by Gasteiger charge is -2.29. The maximum atomic E-state index is 13.5. The quantitative estimate of drug-likeness (QED) is 0.550. The predicted octanol–water partition coefficient (Wildman–Crippen LogP) is 1.02. The van der Waals surface area contributed by atoms with E-state index >= 15 is 0 Å². The molecule has 0 spiro atoms. The summed E-state index contributed by atoms with van der Waals surface area (Å²) < 4.78 is 18.7. The molecule has 0 aliphatic carbocycles. The van der Waals surface area contributed by atoms with E-state index in [9.17, 15) is 4.39 Å². The summed E-state index contributed by atoms with van der Waals surface area (Å²) in [6.45, 7) is 7.45. The van der Waals surface area contributed by atoms with Gasteiger partial charge in [-0.1, -0.05) is 6.58 Å². The maximum Gasteiger partial charge on any atom is 0.166 e. The van der Waals surface area contributed by atoms with E-state index in [0.29, 0.717) is 26.3 Å². The molecular weight excluding hydrogens is 197 g/mol. The molecule has 1 saturated heterocycles. The van der Waals surface area contributed by atoms with E-state index in [1.165, 1.54) is 6.08 Å². The van der Waals surface area contributed by atoms with Gasteiger partial charge in [-0.25, -0.2) is 9.38 Å². The highest BCUT2D eigenvalue weighted by molar-refractivity contribution is 5.96. The largest absolute Gasteiger partial charge is 0.384 e. The first-order chi connectivity index (χ1) is 7.15. The van der Waals surface area contributed by atoms with Crippen molar-refractivity contribution in [2.24, 2.45) is 10.7 Å². The Kier molecular flexibility index (Phi) is 4.30. The van der Waals surface area contributed by atoms with E-state index in [0.717, 1.165) is 0 Å². The zero-order valence-corrected chi connectivity index (χ0v) is 8.87. The highest BCUT2D eigenvalue weighted by atomic mass is 19.1. The summed E-state index contributed by atoms with van der Waals surface area (Å²) in [7, 11) is 0. The Hall–Kier alpha value is -1.36. The number of morpholine rings is 1. The van der Waals surface area contributed by atoms with Crippen molar-refractivity contribution in [1.29, 1.82) is 0 Å². The SMILES string of the molecule is C=C(N)/N=C(\C(F)=C/C)N1CCOCC1. The first-order valence-electron chi connectivity index (χ1n) is 4.83. The highest BCUT2D eigenvalue weighted by Gasteiger charge is 2.18. The van der Waals surface area contributed by atoms with E-state index in [-0.39, 0.29) is 17.5 Å². The number of amidine groups is 1. The van der Waals surface area contributed by atoms with Crippen molar-refractivity contribution in [3.63, 3.8) is 0 Å². The molecule has 1 aliphatic heterocycles. The van der Waals surface area contributed by atoms with Gasteiger partial charge in [-0.2, -0.15) is 0 Å². The predicted molar refractivity (Wildman–Crippen MR) is 58.0 cm³/mol. The Labute approximate surface area is 88.9 Å². The van der Waals surface area contributed by atoms with Gasteiger partial charge in [0, 0.05) is 13.1 Å². The number of nitrogens with two attached hydrogens (primary N) is 1. The lowest BCUT2D eigenvalue weighted by Crippen LogP contribution is -2.41. The number of hydrogen-bond donors (Lipinski definition) is 1. The molecule has 0 aromatic heterocycles. The molecule has 2 N–H and O–H groups in total. The second kappa shape index (κ2) is 5.50. The van der Waals surface area contributed by atoms with Crippen LogP contribution in [0.25, 0.3) is 0 Å². The number of nitrogens with zero attached hydrogens (tertiary/aromatic N) is 2. The fraction of sp³-hybridized carbons (Fsp3) is 0.500. The van der Waals surface area contributed by atoms with Crippen molar-refractivity contribution in [3.05, 3.63) is 24.3 Å². The third-order valence-electron chi connectivity index (χ3n) is 2.03. The smallest absolute Gasteiger partial charge is 0.166 e. The van der Waals surface area contributed by atoms with Gasteiger partial charge >= 0.3 is 0 Å². The van der Waals surface area contributed by atoms with E-state index < -0.39 is 0 Å². The van der Waals surface area contributed by atoms with Crippen LogP contribution in [-0.4, -0.2) is 37.0 Å². The van der Waals surface area contributed by atoms with Crippen molar-refractivity contribution < 1.29 is 9.13 Å². The molecular formula is C10H16FN3O. The van der Waals surface area contributed by atoms with Crippen LogP contribution >= 0.6 is 0 Å². The molecule has 0 unspecified atom stereocenters. The third kappa shape index (κ3) is 3.36. The van der Waals surface area contributed by atoms with Crippen molar-refractivity contribution in [2.75, 3.05) is 26.3 Å². The summed E-state index contributed by atoms with van der Waals surface area (Å²) in [5.41, 5.74) is 5.36. The average molecular weight is 213 g/mol. The Bertz CT molecular complexity index is 293. The van der Waals surface area contributed by atoms with Crippen LogP contribution in [0, 0.1) is 0 Å². The summed E-state index contributed by atoms with van der Waals surface area (Å²) >= 11 is 0. The minimum atomic E-state index is -0.386. The molecule has 1 fully saturated rings. The monoisotopic (exact) mass is 213 g/mol. The molecule has 1 aliphatic rings. The first-order valence-corrected chi connectivity index (χ1v) is 4.83. The second-order valence-electron chi connectivity index (χ2n) is 3.16. The Morgan fingerprint density at radius 3 is 2.60 bits per heavy atom. The minimum absolute atomic E-state index is 0.105. The van der Waals surface area contributed by atoms with Crippen LogP contribution in [0.4, 0.5) is 4.39 Å². The summed E-state index contributed by atoms with van der Waals surface area (Å²) in [5.74, 6) is -0.0368. The van der Waals surface area contributed by atoms with Crippen LogP contribution < -0.4 is 5.73 Å². The van der Waals surface area contributed by atoms with E-state index in [4.69, 9.17) is 10.5 Å². The summed E-state index contributed by atoms with van der Waals surface area (Å²) in [4.78, 5) is 5.70. The molecule has 0 radical (unpaired) electrons. The van der Waals surface area contributed by atoms with Crippen LogP contribution in [0.5, 0.6) is 0 Å². The van der Waals surface area contributed by atoms with Gasteiger partial charge in [0.05, 0.1) is 13.2 Å². The minimum Gasteiger partial charge on any atom is -0.384 e. The number of hydrogen-bond acceptors (Lipinski definition) is 3. The normalized spacial score (nSPS) is 19.2. The van der Waals surface area contributed by atoms with Crippen LogP contribution in [0.1, 0.15) is 6.92 Å².